The van der Waals surface area contributed by atoms with Crippen LogP contribution in [0, 0.1) is 11.8 Å². The Kier molecular flexibility index (Phi) is 5.22. The van der Waals surface area contributed by atoms with Crippen LogP contribution in [0.2, 0.25) is 0 Å². The van der Waals surface area contributed by atoms with Gasteiger partial charge in [0.15, 0.2) is 0 Å². The van der Waals surface area contributed by atoms with Gasteiger partial charge in [-0.25, -0.2) is 9.59 Å². The quantitative estimate of drug-likeness (QED) is 0.771. The summed E-state index contributed by atoms with van der Waals surface area (Å²) in [5.74, 6) is 0.251. The summed E-state index contributed by atoms with van der Waals surface area (Å²) in [7, 11) is 0. The molecule has 1 aromatic carbocycles. The van der Waals surface area contributed by atoms with Gasteiger partial charge in [-0.15, -0.1) is 0 Å². The smallest absolute Gasteiger partial charge is 0.336 e. The molecular weight excluding hydrogens is 336 g/mol. The summed E-state index contributed by atoms with van der Waals surface area (Å²) in [6.45, 7) is 2.90. The molecule has 6 heteroatoms. The third kappa shape index (κ3) is 4.46. The number of urea groups is 1. The van der Waals surface area contributed by atoms with Crippen LogP contribution in [0.1, 0.15) is 36.5 Å². The van der Waals surface area contributed by atoms with Crippen LogP contribution in [0.5, 0.6) is 0 Å². The minimum Gasteiger partial charge on any atom is -0.478 e. The molecule has 3 N–H and O–H groups in total. The molecular formula is C15H19BrN2O3. The third-order valence-corrected chi connectivity index (χ3v) is 4.50. The highest BCUT2D eigenvalue weighted by Crippen LogP contribution is 2.29. The highest BCUT2D eigenvalue weighted by Gasteiger charge is 2.21. The predicted octanol–water partition coefficient (Wildman–Crippen LogP) is 3.71. The van der Waals surface area contributed by atoms with Crippen molar-refractivity contribution in [3.05, 3.63) is 28.2 Å². The fourth-order valence-corrected chi connectivity index (χ4v) is 3.11. The van der Waals surface area contributed by atoms with Crippen LogP contribution in [0.4, 0.5) is 10.5 Å². The van der Waals surface area contributed by atoms with Gasteiger partial charge in [0.2, 0.25) is 0 Å². The summed E-state index contributed by atoms with van der Waals surface area (Å²) in [5, 5.41) is 14.6. The van der Waals surface area contributed by atoms with E-state index in [-0.39, 0.29) is 11.6 Å². The molecule has 0 aliphatic heterocycles. The van der Waals surface area contributed by atoms with Gasteiger partial charge >= 0.3 is 12.0 Å². The van der Waals surface area contributed by atoms with Crippen LogP contribution < -0.4 is 10.6 Å². The van der Waals surface area contributed by atoms with Crippen molar-refractivity contribution in [2.24, 2.45) is 11.8 Å². The number of hydrogen-bond donors (Lipinski definition) is 3. The Bertz CT molecular complexity index is 548. The van der Waals surface area contributed by atoms with Crippen LogP contribution in [0.25, 0.3) is 0 Å². The van der Waals surface area contributed by atoms with E-state index in [0.29, 0.717) is 22.6 Å². The van der Waals surface area contributed by atoms with E-state index in [9.17, 15) is 9.59 Å². The zero-order chi connectivity index (χ0) is 15.4. The summed E-state index contributed by atoms with van der Waals surface area (Å²) in [6, 6.07) is 4.41. The molecule has 5 nitrogen and oxygen atoms in total. The van der Waals surface area contributed by atoms with E-state index in [2.05, 4.69) is 33.5 Å². The molecule has 2 rings (SSSR count). The van der Waals surface area contributed by atoms with Gasteiger partial charge in [-0.1, -0.05) is 13.3 Å². The average molecular weight is 355 g/mol. The van der Waals surface area contributed by atoms with E-state index in [0.717, 1.165) is 18.8 Å². The SMILES string of the molecule is CC1CCC(CNC(=O)Nc2ccc(Br)c(C(=O)O)c2)C1. The van der Waals surface area contributed by atoms with Crippen molar-refractivity contribution in [1.82, 2.24) is 5.32 Å². The number of benzene rings is 1. The zero-order valence-corrected chi connectivity index (χ0v) is 13.4. The maximum atomic E-state index is 11.8. The lowest BCUT2D eigenvalue weighted by molar-refractivity contribution is 0.0696. The maximum Gasteiger partial charge on any atom is 0.336 e. The van der Waals surface area contributed by atoms with Crippen molar-refractivity contribution in [3.63, 3.8) is 0 Å². The summed E-state index contributed by atoms with van der Waals surface area (Å²) in [5.41, 5.74) is 0.588. The Morgan fingerprint density at radius 2 is 2.14 bits per heavy atom. The first-order valence-electron chi connectivity index (χ1n) is 7.03. The monoisotopic (exact) mass is 354 g/mol. The van der Waals surface area contributed by atoms with E-state index in [1.165, 1.54) is 12.5 Å². The molecule has 2 atom stereocenters. The maximum absolute atomic E-state index is 11.8. The normalized spacial score (nSPS) is 21.0. The Morgan fingerprint density at radius 1 is 1.38 bits per heavy atom. The minimum absolute atomic E-state index is 0.123. The van der Waals surface area contributed by atoms with Gasteiger partial charge in [0.25, 0.3) is 0 Å². The Balaban J connectivity index is 1.87. The number of carboxylic acids is 1. The van der Waals surface area contributed by atoms with Crippen molar-refractivity contribution >= 4 is 33.6 Å². The number of halogens is 1. The lowest BCUT2D eigenvalue weighted by Crippen LogP contribution is -2.32. The number of carbonyl (C=O) groups excluding carboxylic acids is 1. The summed E-state index contributed by atoms with van der Waals surface area (Å²) < 4.78 is 0.487. The number of rotatable bonds is 4. The highest BCUT2D eigenvalue weighted by atomic mass is 79.9. The van der Waals surface area contributed by atoms with Gasteiger partial charge in [0.05, 0.1) is 5.56 Å². The molecule has 0 bridgehead atoms. The molecule has 1 fully saturated rings. The Morgan fingerprint density at radius 3 is 2.76 bits per heavy atom. The molecule has 0 spiro atoms. The van der Waals surface area contributed by atoms with Gasteiger partial charge in [-0.3, -0.25) is 0 Å². The number of carboxylic acid groups (broad SMARTS) is 1. The fraction of sp³-hybridized carbons (Fsp3) is 0.467. The average Bonchev–Trinajstić information content (AvgIpc) is 2.84. The highest BCUT2D eigenvalue weighted by molar-refractivity contribution is 9.10. The molecule has 0 saturated heterocycles. The van der Waals surface area contributed by atoms with Gasteiger partial charge in [-0.2, -0.15) is 0 Å². The van der Waals surface area contributed by atoms with Crippen LogP contribution in [0.3, 0.4) is 0 Å². The number of hydrogen-bond acceptors (Lipinski definition) is 2. The van der Waals surface area contributed by atoms with E-state index in [1.807, 2.05) is 0 Å². The lowest BCUT2D eigenvalue weighted by Gasteiger charge is -2.12. The molecule has 0 heterocycles. The van der Waals surface area contributed by atoms with Gasteiger partial charge in [0.1, 0.15) is 0 Å². The molecule has 1 saturated carbocycles. The van der Waals surface area contributed by atoms with Crippen LogP contribution in [-0.2, 0) is 0 Å². The van der Waals surface area contributed by atoms with Crippen LogP contribution in [0.15, 0.2) is 22.7 Å². The molecule has 1 aliphatic carbocycles. The van der Waals surface area contributed by atoms with Crippen LogP contribution >= 0.6 is 15.9 Å². The Labute approximate surface area is 132 Å². The second-order valence-electron chi connectivity index (χ2n) is 5.62. The molecule has 2 unspecified atom stereocenters. The third-order valence-electron chi connectivity index (χ3n) is 3.81. The zero-order valence-electron chi connectivity index (χ0n) is 11.9. The van der Waals surface area contributed by atoms with E-state index >= 15 is 0 Å². The second kappa shape index (κ2) is 6.93. The molecule has 0 radical (unpaired) electrons. The number of nitrogens with one attached hydrogen (secondary N) is 2. The topological polar surface area (TPSA) is 78.4 Å². The molecule has 114 valence electrons. The van der Waals surface area contributed by atoms with Crippen molar-refractivity contribution in [1.29, 1.82) is 0 Å². The van der Waals surface area contributed by atoms with E-state index in [1.54, 1.807) is 12.1 Å². The first-order valence-corrected chi connectivity index (χ1v) is 7.82. The second-order valence-corrected chi connectivity index (χ2v) is 6.47. The summed E-state index contributed by atoms with van der Waals surface area (Å²) in [6.07, 6.45) is 3.53. The van der Waals surface area contributed by atoms with Gasteiger partial charge in [-0.05, 0) is 58.8 Å². The number of aromatic carboxylic acids is 1. The van der Waals surface area contributed by atoms with E-state index < -0.39 is 5.97 Å². The number of amides is 2. The standard InChI is InChI=1S/C15H19BrN2O3/c1-9-2-3-10(6-9)8-17-15(21)18-11-4-5-13(16)12(7-11)14(19)20/h4-5,7,9-10H,2-3,6,8H2,1H3,(H,19,20)(H2,17,18,21). The summed E-state index contributed by atoms with van der Waals surface area (Å²) in [4.78, 5) is 22.9. The molecule has 1 aromatic rings. The molecule has 21 heavy (non-hydrogen) atoms. The molecule has 2 amide bonds. The Hall–Kier alpha value is -1.56. The van der Waals surface area contributed by atoms with Crippen molar-refractivity contribution < 1.29 is 14.7 Å². The van der Waals surface area contributed by atoms with Gasteiger partial charge in [0, 0.05) is 16.7 Å². The first kappa shape index (κ1) is 15.8. The minimum atomic E-state index is -1.04. The largest absolute Gasteiger partial charge is 0.478 e. The fourth-order valence-electron chi connectivity index (χ4n) is 2.69. The van der Waals surface area contributed by atoms with Crippen molar-refractivity contribution in [3.8, 4) is 0 Å². The van der Waals surface area contributed by atoms with Crippen LogP contribution in [-0.4, -0.2) is 23.7 Å². The number of carbonyl (C=O) groups is 2. The van der Waals surface area contributed by atoms with Crippen molar-refractivity contribution in [2.75, 3.05) is 11.9 Å². The first-order chi connectivity index (χ1) is 9.95. The van der Waals surface area contributed by atoms with Gasteiger partial charge < -0.3 is 15.7 Å². The summed E-state index contributed by atoms with van der Waals surface area (Å²) >= 11 is 3.17. The molecule has 1 aliphatic rings. The number of anilines is 1. The predicted molar refractivity (Wildman–Crippen MR) is 84.6 cm³/mol. The lowest BCUT2D eigenvalue weighted by atomic mass is 10.1. The molecule has 0 aromatic heterocycles. The van der Waals surface area contributed by atoms with Crippen molar-refractivity contribution in [2.45, 2.75) is 26.2 Å². The van der Waals surface area contributed by atoms with E-state index in [4.69, 9.17) is 5.11 Å².